The molecule has 1 aromatic heterocycles. The van der Waals surface area contributed by atoms with E-state index in [1.54, 1.807) is 12.1 Å². The van der Waals surface area contributed by atoms with E-state index in [-0.39, 0.29) is 11.9 Å². The second-order valence-corrected chi connectivity index (χ2v) is 6.06. The van der Waals surface area contributed by atoms with Crippen LogP contribution in [0.5, 0.6) is 0 Å². The molecule has 0 bridgehead atoms. The van der Waals surface area contributed by atoms with Gasteiger partial charge >= 0.3 is 0 Å². The maximum Gasteiger partial charge on any atom is 0.123 e. The lowest BCUT2D eigenvalue weighted by Gasteiger charge is -2.27. The molecule has 0 aliphatic heterocycles. The molecule has 0 aliphatic carbocycles. The Hall–Kier alpha value is -2.46. The fraction of sp³-hybridized carbons (Fsp3) is 0.250. The van der Waals surface area contributed by atoms with E-state index in [4.69, 9.17) is 0 Å². The van der Waals surface area contributed by atoms with Crippen LogP contribution in [0.4, 0.5) is 4.39 Å². The lowest BCUT2D eigenvalue weighted by atomic mass is 9.95. The van der Waals surface area contributed by atoms with Gasteiger partial charge < -0.3 is 0 Å². The highest BCUT2D eigenvalue weighted by atomic mass is 19.1. The zero-order chi connectivity index (χ0) is 17.1. The van der Waals surface area contributed by atoms with Crippen LogP contribution in [0.15, 0.2) is 54.7 Å². The third kappa shape index (κ3) is 3.24. The Labute approximate surface area is 142 Å². The Morgan fingerprint density at radius 3 is 2.12 bits per heavy atom. The zero-order valence-corrected chi connectivity index (χ0v) is 14.3. The summed E-state index contributed by atoms with van der Waals surface area (Å²) in [6, 6.07) is 15.2. The second kappa shape index (κ2) is 6.97. The van der Waals surface area contributed by atoms with Gasteiger partial charge in [0.25, 0.3) is 0 Å². The van der Waals surface area contributed by atoms with Gasteiger partial charge in [0.1, 0.15) is 5.82 Å². The first-order valence-corrected chi connectivity index (χ1v) is 8.16. The number of aromatic nitrogens is 2. The van der Waals surface area contributed by atoms with Crippen molar-refractivity contribution in [2.45, 2.75) is 19.9 Å². The Bertz CT molecular complexity index is 791. The second-order valence-electron chi connectivity index (χ2n) is 6.06. The smallest absolute Gasteiger partial charge is 0.123 e. The number of hydrogen-bond acceptors (Lipinski definition) is 2. The molecule has 1 heterocycles. The normalized spacial score (nSPS) is 12.5. The number of aromatic amines is 1. The third-order valence-corrected chi connectivity index (χ3v) is 4.51. The molecule has 0 radical (unpaired) electrons. The predicted octanol–water partition coefficient (Wildman–Crippen LogP) is 4.57. The largest absolute Gasteiger partial charge is 0.296 e. The molecule has 1 N–H and O–H groups in total. The van der Waals surface area contributed by atoms with Crippen molar-refractivity contribution in [2.75, 3.05) is 13.6 Å². The molecular formula is C20H22FN3. The summed E-state index contributed by atoms with van der Waals surface area (Å²) >= 11 is 0. The molecule has 4 heteroatoms. The zero-order valence-electron chi connectivity index (χ0n) is 14.3. The van der Waals surface area contributed by atoms with Crippen LogP contribution in [0.3, 0.4) is 0 Å². The summed E-state index contributed by atoms with van der Waals surface area (Å²) in [5.74, 6) is -0.213. The van der Waals surface area contributed by atoms with Crippen molar-refractivity contribution in [1.82, 2.24) is 15.1 Å². The van der Waals surface area contributed by atoms with Gasteiger partial charge in [-0.05, 0) is 49.3 Å². The number of hydrogen-bond donors (Lipinski definition) is 1. The number of halogens is 1. The van der Waals surface area contributed by atoms with Crippen molar-refractivity contribution >= 4 is 0 Å². The van der Waals surface area contributed by atoms with E-state index < -0.39 is 0 Å². The third-order valence-electron chi connectivity index (χ3n) is 4.51. The molecule has 0 spiro atoms. The highest BCUT2D eigenvalue weighted by molar-refractivity contribution is 5.63. The Balaban J connectivity index is 1.95. The maximum atomic E-state index is 13.1. The minimum atomic E-state index is -0.213. The number of aryl methyl sites for hydroxylation is 1. The topological polar surface area (TPSA) is 31.9 Å². The van der Waals surface area contributed by atoms with Gasteiger partial charge in [0.2, 0.25) is 0 Å². The van der Waals surface area contributed by atoms with Crippen LogP contribution in [-0.2, 0) is 0 Å². The molecule has 1 unspecified atom stereocenters. The number of H-pyrrole nitrogens is 1. The fourth-order valence-corrected chi connectivity index (χ4v) is 2.99. The van der Waals surface area contributed by atoms with E-state index in [9.17, 15) is 4.39 Å². The van der Waals surface area contributed by atoms with Crippen molar-refractivity contribution < 1.29 is 4.39 Å². The molecule has 0 saturated carbocycles. The van der Waals surface area contributed by atoms with E-state index in [0.29, 0.717) is 0 Å². The Kier molecular flexibility index (Phi) is 4.76. The van der Waals surface area contributed by atoms with Crippen molar-refractivity contribution in [1.29, 1.82) is 0 Å². The van der Waals surface area contributed by atoms with Crippen LogP contribution in [0.25, 0.3) is 11.1 Å². The molecule has 2 aromatic carbocycles. The summed E-state index contributed by atoms with van der Waals surface area (Å²) in [5.41, 5.74) is 5.59. The van der Waals surface area contributed by atoms with Gasteiger partial charge in [-0.1, -0.05) is 43.3 Å². The van der Waals surface area contributed by atoms with E-state index in [0.717, 1.165) is 23.4 Å². The molecule has 124 valence electrons. The number of nitrogens with zero attached hydrogens (tertiary/aromatic N) is 2. The average molecular weight is 323 g/mol. The van der Waals surface area contributed by atoms with Gasteiger partial charge in [0.05, 0.1) is 12.2 Å². The van der Waals surface area contributed by atoms with Crippen molar-refractivity contribution in [3.8, 4) is 11.1 Å². The minimum absolute atomic E-state index is 0.163. The van der Waals surface area contributed by atoms with Gasteiger partial charge in [-0.15, -0.1) is 0 Å². The molecule has 0 amide bonds. The Morgan fingerprint density at radius 1 is 1.04 bits per heavy atom. The summed E-state index contributed by atoms with van der Waals surface area (Å²) in [4.78, 5) is 2.30. The van der Waals surface area contributed by atoms with Gasteiger partial charge in [-0.25, -0.2) is 4.39 Å². The molecule has 3 aromatic rings. The number of nitrogens with one attached hydrogen (secondary N) is 1. The quantitative estimate of drug-likeness (QED) is 0.746. The standard InChI is InChI=1S/C20H22FN3/c1-4-24(3)20(19-13-22-23-14(19)2)17-7-5-15(6-8-17)16-9-11-18(21)12-10-16/h5-13,20H,4H2,1-3H3,(H,22,23). The lowest BCUT2D eigenvalue weighted by molar-refractivity contribution is 0.293. The summed E-state index contributed by atoms with van der Waals surface area (Å²) in [6.45, 7) is 5.13. The molecule has 3 nitrogen and oxygen atoms in total. The van der Waals surface area contributed by atoms with Crippen LogP contribution in [0.1, 0.15) is 29.8 Å². The first-order chi connectivity index (χ1) is 11.6. The predicted molar refractivity (Wildman–Crippen MR) is 95.3 cm³/mol. The molecule has 0 fully saturated rings. The molecule has 24 heavy (non-hydrogen) atoms. The molecule has 3 rings (SSSR count). The summed E-state index contributed by atoms with van der Waals surface area (Å²) < 4.78 is 13.1. The highest BCUT2D eigenvalue weighted by Gasteiger charge is 2.21. The van der Waals surface area contributed by atoms with E-state index >= 15 is 0 Å². The SMILES string of the molecule is CCN(C)C(c1ccc(-c2ccc(F)cc2)cc1)c1cn[nH]c1C. The first-order valence-electron chi connectivity index (χ1n) is 8.16. The van der Waals surface area contributed by atoms with Gasteiger partial charge in [0.15, 0.2) is 0 Å². The highest BCUT2D eigenvalue weighted by Crippen LogP contribution is 2.30. The monoisotopic (exact) mass is 323 g/mol. The van der Waals surface area contributed by atoms with Crippen molar-refractivity contribution in [2.24, 2.45) is 0 Å². The number of rotatable bonds is 5. The van der Waals surface area contributed by atoms with Crippen molar-refractivity contribution in [3.05, 3.63) is 77.4 Å². The molecule has 0 saturated heterocycles. The van der Waals surface area contributed by atoms with Crippen LogP contribution < -0.4 is 0 Å². The van der Waals surface area contributed by atoms with Crippen LogP contribution in [0.2, 0.25) is 0 Å². The van der Waals surface area contributed by atoms with E-state index in [1.165, 1.54) is 23.3 Å². The van der Waals surface area contributed by atoms with Gasteiger partial charge in [0, 0.05) is 11.3 Å². The summed E-state index contributed by atoms with van der Waals surface area (Å²) in [7, 11) is 2.12. The van der Waals surface area contributed by atoms with E-state index in [2.05, 4.69) is 53.3 Å². The number of benzene rings is 2. The summed E-state index contributed by atoms with van der Waals surface area (Å²) in [6.07, 6.45) is 1.90. The van der Waals surface area contributed by atoms with Crippen LogP contribution in [-0.4, -0.2) is 28.7 Å². The lowest BCUT2D eigenvalue weighted by Crippen LogP contribution is -2.25. The van der Waals surface area contributed by atoms with Crippen molar-refractivity contribution in [3.63, 3.8) is 0 Å². The Morgan fingerprint density at radius 2 is 1.62 bits per heavy atom. The van der Waals surface area contributed by atoms with Gasteiger partial charge in [-0.2, -0.15) is 5.10 Å². The summed E-state index contributed by atoms with van der Waals surface area (Å²) in [5, 5.41) is 7.20. The molecule has 1 atom stereocenters. The average Bonchev–Trinajstić information content (AvgIpc) is 3.02. The molecule has 0 aliphatic rings. The van der Waals surface area contributed by atoms with Crippen LogP contribution >= 0.6 is 0 Å². The minimum Gasteiger partial charge on any atom is -0.296 e. The van der Waals surface area contributed by atoms with Gasteiger partial charge in [-0.3, -0.25) is 10.00 Å². The van der Waals surface area contributed by atoms with Crippen LogP contribution in [0, 0.1) is 12.7 Å². The first kappa shape index (κ1) is 16.4. The maximum absolute atomic E-state index is 13.1. The molecular weight excluding hydrogens is 301 g/mol. The fourth-order valence-electron chi connectivity index (χ4n) is 2.99. The van der Waals surface area contributed by atoms with E-state index in [1.807, 2.05) is 13.1 Å².